The monoisotopic (exact) mass is 400 g/mol. The summed E-state index contributed by atoms with van der Waals surface area (Å²) in [5.74, 6) is 0.909. The van der Waals surface area contributed by atoms with Gasteiger partial charge in [0.05, 0.1) is 12.1 Å². The molecule has 1 N–H and O–H groups in total. The van der Waals surface area contributed by atoms with Gasteiger partial charge in [-0.25, -0.2) is 4.98 Å². The number of aromatic nitrogens is 2. The van der Waals surface area contributed by atoms with Crippen LogP contribution in [-0.2, 0) is 10.2 Å². The van der Waals surface area contributed by atoms with E-state index in [0.717, 1.165) is 25.2 Å². The summed E-state index contributed by atoms with van der Waals surface area (Å²) in [5, 5.41) is 3.26. The maximum absolute atomic E-state index is 13.1. The molecule has 30 heavy (non-hydrogen) atoms. The van der Waals surface area contributed by atoms with E-state index in [0.29, 0.717) is 13.1 Å². The molecule has 1 saturated heterocycles. The standard InChI is InChI=1S/C25H28N4O/c1-25(21-10-4-2-5-11-21,22-12-6-3-7-13-22)19-28-24(30)20-9-8-16-29(18-20)23-17-26-14-15-27-23/h2-7,10-15,17,20H,8-9,16,18-19H2,1H3,(H,28,30). The number of benzene rings is 2. The molecule has 5 nitrogen and oxygen atoms in total. The largest absolute Gasteiger partial charge is 0.355 e. The summed E-state index contributed by atoms with van der Waals surface area (Å²) in [5.41, 5.74) is 2.10. The highest BCUT2D eigenvalue weighted by atomic mass is 16.1. The summed E-state index contributed by atoms with van der Waals surface area (Å²) >= 11 is 0. The lowest BCUT2D eigenvalue weighted by atomic mass is 9.76. The van der Waals surface area contributed by atoms with Gasteiger partial charge in [-0.1, -0.05) is 60.7 Å². The van der Waals surface area contributed by atoms with Gasteiger partial charge < -0.3 is 10.2 Å². The first-order valence-electron chi connectivity index (χ1n) is 10.6. The zero-order valence-electron chi connectivity index (χ0n) is 17.4. The van der Waals surface area contributed by atoms with E-state index >= 15 is 0 Å². The molecule has 4 rings (SSSR count). The van der Waals surface area contributed by atoms with Crippen LogP contribution >= 0.6 is 0 Å². The maximum atomic E-state index is 13.1. The first-order chi connectivity index (χ1) is 14.7. The van der Waals surface area contributed by atoms with Crippen LogP contribution in [0.4, 0.5) is 5.82 Å². The Morgan fingerprint density at radius 3 is 2.33 bits per heavy atom. The summed E-state index contributed by atoms with van der Waals surface area (Å²) in [6.07, 6.45) is 7.01. The second kappa shape index (κ2) is 9.08. The second-order valence-corrected chi connectivity index (χ2v) is 8.13. The van der Waals surface area contributed by atoms with Crippen LogP contribution < -0.4 is 10.2 Å². The van der Waals surface area contributed by atoms with Crippen LogP contribution in [0, 0.1) is 5.92 Å². The van der Waals surface area contributed by atoms with Gasteiger partial charge in [-0.2, -0.15) is 0 Å². The van der Waals surface area contributed by atoms with E-state index in [4.69, 9.17) is 0 Å². The molecule has 2 heterocycles. The average Bonchev–Trinajstić information content (AvgIpc) is 2.84. The predicted molar refractivity (Wildman–Crippen MR) is 119 cm³/mol. The number of anilines is 1. The highest BCUT2D eigenvalue weighted by Crippen LogP contribution is 2.31. The quantitative estimate of drug-likeness (QED) is 0.683. The normalized spacial score (nSPS) is 16.8. The highest BCUT2D eigenvalue weighted by Gasteiger charge is 2.32. The molecular weight excluding hydrogens is 372 g/mol. The van der Waals surface area contributed by atoms with E-state index in [-0.39, 0.29) is 17.2 Å². The Hall–Kier alpha value is -3.21. The lowest BCUT2D eigenvalue weighted by Gasteiger charge is -2.35. The van der Waals surface area contributed by atoms with Gasteiger partial charge in [0.2, 0.25) is 5.91 Å². The Kier molecular flexibility index (Phi) is 6.07. The van der Waals surface area contributed by atoms with Crippen LogP contribution in [-0.4, -0.2) is 35.5 Å². The van der Waals surface area contributed by atoms with Crippen molar-refractivity contribution in [2.45, 2.75) is 25.2 Å². The molecule has 2 aromatic carbocycles. The molecule has 154 valence electrons. The lowest BCUT2D eigenvalue weighted by molar-refractivity contribution is -0.125. The SMILES string of the molecule is CC(CNC(=O)C1CCCN(c2cnccn2)C1)(c1ccccc1)c1ccccc1. The summed E-state index contributed by atoms with van der Waals surface area (Å²) in [7, 11) is 0. The zero-order valence-corrected chi connectivity index (χ0v) is 17.4. The number of piperidine rings is 1. The Bertz CT molecular complexity index is 907. The van der Waals surface area contributed by atoms with Gasteiger partial charge in [0.1, 0.15) is 5.82 Å². The lowest BCUT2D eigenvalue weighted by Crippen LogP contribution is -2.47. The van der Waals surface area contributed by atoms with Crippen molar-refractivity contribution >= 4 is 11.7 Å². The number of carbonyl (C=O) groups is 1. The second-order valence-electron chi connectivity index (χ2n) is 8.13. The van der Waals surface area contributed by atoms with Crippen molar-refractivity contribution in [2.24, 2.45) is 5.92 Å². The molecule has 0 saturated carbocycles. The van der Waals surface area contributed by atoms with E-state index < -0.39 is 0 Å². The molecule has 0 bridgehead atoms. The summed E-state index contributed by atoms with van der Waals surface area (Å²) in [6.45, 7) is 4.35. The van der Waals surface area contributed by atoms with Crippen LogP contribution in [0.25, 0.3) is 0 Å². The number of hydrogen-bond donors (Lipinski definition) is 1. The number of carbonyl (C=O) groups excluding carboxylic acids is 1. The molecule has 5 heteroatoms. The average molecular weight is 401 g/mol. The van der Waals surface area contributed by atoms with Crippen molar-refractivity contribution in [1.29, 1.82) is 0 Å². The van der Waals surface area contributed by atoms with Crippen molar-refractivity contribution in [3.63, 3.8) is 0 Å². The molecule has 1 aromatic heterocycles. The van der Waals surface area contributed by atoms with E-state index in [2.05, 4.69) is 75.6 Å². The van der Waals surface area contributed by atoms with Gasteiger partial charge in [0, 0.05) is 37.4 Å². The van der Waals surface area contributed by atoms with E-state index in [1.54, 1.807) is 18.6 Å². The molecule has 1 aliphatic heterocycles. The Balaban J connectivity index is 1.48. The van der Waals surface area contributed by atoms with Crippen LogP contribution in [0.5, 0.6) is 0 Å². The number of rotatable bonds is 6. The third kappa shape index (κ3) is 4.35. The van der Waals surface area contributed by atoms with Gasteiger partial charge in [-0.05, 0) is 30.9 Å². The number of hydrogen-bond acceptors (Lipinski definition) is 4. The zero-order chi connectivity index (χ0) is 20.8. The Morgan fingerprint density at radius 2 is 1.73 bits per heavy atom. The van der Waals surface area contributed by atoms with Crippen molar-refractivity contribution < 1.29 is 4.79 Å². The third-order valence-corrected chi connectivity index (χ3v) is 6.10. The Labute approximate surface area is 178 Å². The molecule has 1 amide bonds. The summed E-state index contributed by atoms with van der Waals surface area (Å²) < 4.78 is 0. The predicted octanol–water partition coefficient (Wildman–Crippen LogP) is 3.82. The fourth-order valence-electron chi connectivity index (χ4n) is 4.24. The number of nitrogens with one attached hydrogen (secondary N) is 1. The Morgan fingerprint density at radius 1 is 1.07 bits per heavy atom. The van der Waals surface area contributed by atoms with Gasteiger partial charge in [0.15, 0.2) is 0 Å². The molecule has 1 fully saturated rings. The fraction of sp³-hybridized carbons (Fsp3) is 0.320. The molecule has 3 aromatic rings. The van der Waals surface area contributed by atoms with E-state index in [9.17, 15) is 4.79 Å². The smallest absolute Gasteiger partial charge is 0.224 e. The van der Waals surface area contributed by atoms with Gasteiger partial charge >= 0.3 is 0 Å². The highest BCUT2D eigenvalue weighted by molar-refractivity contribution is 5.79. The van der Waals surface area contributed by atoms with Crippen molar-refractivity contribution in [1.82, 2.24) is 15.3 Å². The third-order valence-electron chi connectivity index (χ3n) is 6.10. The topological polar surface area (TPSA) is 58.1 Å². The summed E-state index contributed by atoms with van der Waals surface area (Å²) in [6, 6.07) is 20.8. The summed E-state index contributed by atoms with van der Waals surface area (Å²) in [4.78, 5) is 23.8. The van der Waals surface area contributed by atoms with Crippen LogP contribution in [0.1, 0.15) is 30.9 Å². The van der Waals surface area contributed by atoms with Crippen molar-refractivity contribution in [2.75, 3.05) is 24.5 Å². The molecule has 1 aliphatic rings. The minimum atomic E-state index is -0.294. The number of amides is 1. The molecule has 1 unspecified atom stereocenters. The van der Waals surface area contributed by atoms with Gasteiger partial charge in [-0.15, -0.1) is 0 Å². The maximum Gasteiger partial charge on any atom is 0.224 e. The van der Waals surface area contributed by atoms with E-state index in [1.165, 1.54) is 11.1 Å². The fourth-order valence-corrected chi connectivity index (χ4v) is 4.24. The van der Waals surface area contributed by atoms with Crippen molar-refractivity contribution in [3.8, 4) is 0 Å². The minimum absolute atomic E-state index is 0.0449. The van der Waals surface area contributed by atoms with Crippen molar-refractivity contribution in [3.05, 3.63) is 90.4 Å². The van der Waals surface area contributed by atoms with Gasteiger partial charge in [0.25, 0.3) is 0 Å². The molecule has 0 aliphatic carbocycles. The first-order valence-corrected chi connectivity index (χ1v) is 10.6. The van der Waals surface area contributed by atoms with Crippen LogP contribution in [0.3, 0.4) is 0 Å². The van der Waals surface area contributed by atoms with Crippen LogP contribution in [0.2, 0.25) is 0 Å². The number of nitrogens with zero attached hydrogens (tertiary/aromatic N) is 3. The minimum Gasteiger partial charge on any atom is -0.355 e. The molecular formula is C25H28N4O. The van der Waals surface area contributed by atoms with E-state index in [1.807, 2.05) is 12.1 Å². The van der Waals surface area contributed by atoms with Crippen LogP contribution in [0.15, 0.2) is 79.3 Å². The first kappa shape index (κ1) is 20.1. The van der Waals surface area contributed by atoms with Gasteiger partial charge in [-0.3, -0.25) is 9.78 Å². The molecule has 1 atom stereocenters. The molecule has 0 spiro atoms. The molecule has 0 radical (unpaired) electrons.